The molecule has 2 aromatic heterocycles. The van der Waals surface area contributed by atoms with E-state index in [1.54, 1.807) is 18.3 Å². The molecule has 2 rings (SSSR count). The van der Waals surface area contributed by atoms with E-state index in [1.165, 1.54) is 22.0 Å². The van der Waals surface area contributed by atoms with Gasteiger partial charge in [-0.05, 0) is 32.9 Å². The molecule has 1 unspecified atom stereocenters. The van der Waals surface area contributed by atoms with E-state index in [9.17, 15) is 10.1 Å². The van der Waals surface area contributed by atoms with E-state index in [-0.39, 0.29) is 16.7 Å². The summed E-state index contributed by atoms with van der Waals surface area (Å²) in [5, 5.41) is 14.1. The number of hydrogen-bond donors (Lipinski definition) is 1. The largest absolute Gasteiger partial charge is 0.367 e. The van der Waals surface area contributed by atoms with E-state index >= 15 is 0 Å². The van der Waals surface area contributed by atoms with Crippen LogP contribution in [0, 0.1) is 24.0 Å². The molecule has 0 aliphatic rings. The number of aromatic nitrogens is 1. The van der Waals surface area contributed by atoms with Crippen molar-refractivity contribution in [3.05, 3.63) is 49.8 Å². The van der Waals surface area contributed by atoms with Crippen molar-refractivity contribution in [3.63, 3.8) is 0 Å². The van der Waals surface area contributed by atoms with Gasteiger partial charge < -0.3 is 5.32 Å². The van der Waals surface area contributed by atoms with Crippen molar-refractivity contribution in [1.82, 2.24) is 4.98 Å². The van der Waals surface area contributed by atoms with Crippen molar-refractivity contribution in [2.75, 3.05) is 5.32 Å². The lowest BCUT2D eigenvalue weighted by Crippen LogP contribution is -2.18. The molecule has 2 aromatic rings. The molecule has 20 heavy (non-hydrogen) atoms. The van der Waals surface area contributed by atoms with Gasteiger partial charge in [-0.25, -0.2) is 4.98 Å². The third kappa shape index (κ3) is 3.54. The Balaban J connectivity index is 2.06. The van der Waals surface area contributed by atoms with Gasteiger partial charge in [0.25, 0.3) is 5.69 Å². The molecule has 2 heterocycles. The highest BCUT2D eigenvalue weighted by Gasteiger charge is 2.13. The van der Waals surface area contributed by atoms with Crippen LogP contribution in [0.1, 0.15) is 22.2 Å². The SMILES string of the molecule is Cc1ccc(CC(C)Nc2cc([N+](=O)[O-])c(C)cn2)s1. The first-order chi connectivity index (χ1) is 9.45. The van der Waals surface area contributed by atoms with Crippen LogP contribution >= 0.6 is 11.3 Å². The van der Waals surface area contributed by atoms with Gasteiger partial charge in [0.15, 0.2) is 0 Å². The lowest BCUT2D eigenvalue weighted by Gasteiger charge is -2.13. The number of anilines is 1. The Kier molecular flexibility index (Phi) is 4.34. The monoisotopic (exact) mass is 291 g/mol. The molecule has 0 spiro atoms. The topological polar surface area (TPSA) is 68.1 Å². The normalized spacial score (nSPS) is 12.2. The predicted molar refractivity (Wildman–Crippen MR) is 81.5 cm³/mol. The average molecular weight is 291 g/mol. The van der Waals surface area contributed by atoms with Crippen molar-refractivity contribution >= 4 is 22.8 Å². The number of nitro groups is 1. The van der Waals surface area contributed by atoms with Gasteiger partial charge in [0.05, 0.1) is 11.0 Å². The van der Waals surface area contributed by atoms with E-state index in [0.717, 1.165) is 6.42 Å². The minimum Gasteiger partial charge on any atom is -0.367 e. The molecule has 1 atom stereocenters. The molecule has 0 saturated heterocycles. The van der Waals surface area contributed by atoms with Crippen LogP contribution in [0.5, 0.6) is 0 Å². The van der Waals surface area contributed by atoms with Gasteiger partial charge in [0, 0.05) is 34.0 Å². The van der Waals surface area contributed by atoms with Gasteiger partial charge in [0.2, 0.25) is 0 Å². The number of pyridine rings is 1. The van der Waals surface area contributed by atoms with Crippen LogP contribution in [0.15, 0.2) is 24.4 Å². The first-order valence-corrected chi connectivity index (χ1v) is 7.20. The second kappa shape index (κ2) is 6.00. The molecule has 0 aliphatic heterocycles. The number of aryl methyl sites for hydroxylation is 2. The molecular formula is C14H17N3O2S. The van der Waals surface area contributed by atoms with E-state index in [4.69, 9.17) is 0 Å². The molecule has 5 nitrogen and oxygen atoms in total. The molecule has 0 amide bonds. The van der Waals surface area contributed by atoms with Crippen molar-refractivity contribution in [2.24, 2.45) is 0 Å². The van der Waals surface area contributed by atoms with Gasteiger partial charge >= 0.3 is 0 Å². The fraction of sp³-hybridized carbons (Fsp3) is 0.357. The maximum absolute atomic E-state index is 10.9. The Morgan fingerprint density at radius 3 is 2.80 bits per heavy atom. The fourth-order valence-corrected chi connectivity index (χ4v) is 3.01. The van der Waals surface area contributed by atoms with Gasteiger partial charge in [0.1, 0.15) is 5.82 Å². The Morgan fingerprint density at radius 2 is 2.20 bits per heavy atom. The maximum atomic E-state index is 10.9. The molecule has 0 fully saturated rings. The predicted octanol–water partition coefficient (Wildman–Crippen LogP) is 3.71. The number of rotatable bonds is 5. The first-order valence-electron chi connectivity index (χ1n) is 6.38. The van der Waals surface area contributed by atoms with Gasteiger partial charge in [-0.1, -0.05) is 0 Å². The first kappa shape index (κ1) is 14.5. The minimum absolute atomic E-state index is 0.0988. The number of hydrogen-bond acceptors (Lipinski definition) is 5. The Hall–Kier alpha value is -1.95. The van der Waals surface area contributed by atoms with Crippen LogP contribution in [0.4, 0.5) is 11.5 Å². The summed E-state index contributed by atoms with van der Waals surface area (Å²) in [7, 11) is 0. The van der Waals surface area contributed by atoms with Gasteiger partial charge in [-0.15, -0.1) is 11.3 Å². The Bertz CT molecular complexity index is 625. The summed E-state index contributed by atoms with van der Waals surface area (Å²) in [4.78, 5) is 17.3. The maximum Gasteiger partial charge on any atom is 0.277 e. The van der Waals surface area contributed by atoms with E-state index in [2.05, 4.69) is 29.4 Å². The molecule has 0 saturated carbocycles. The van der Waals surface area contributed by atoms with Crippen LogP contribution in [0.25, 0.3) is 0 Å². The quantitative estimate of drug-likeness (QED) is 0.673. The second-order valence-corrected chi connectivity index (χ2v) is 6.25. The number of nitrogens with zero attached hydrogens (tertiary/aromatic N) is 2. The summed E-state index contributed by atoms with van der Waals surface area (Å²) < 4.78 is 0. The molecular weight excluding hydrogens is 274 g/mol. The van der Waals surface area contributed by atoms with Crippen LogP contribution in [0.2, 0.25) is 0 Å². The van der Waals surface area contributed by atoms with Crippen LogP contribution in [-0.4, -0.2) is 15.9 Å². The van der Waals surface area contributed by atoms with Gasteiger partial charge in [-0.2, -0.15) is 0 Å². The summed E-state index contributed by atoms with van der Waals surface area (Å²) in [6, 6.07) is 5.87. The highest BCUT2D eigenvalue weighted by molar-refractivity contribution is 7.11. The van der Waals surface area contributed by atoms with Crippen molar-refractivity contribution in [2.45, 2.75) is 33.2 Å². The molecule has 0 radical (unpaired) electrons. The highest BCUT2D eigenvalue weighted by atomic mass is 32.1. The Labute approximate surface area is 121 Å². The number of nitrogens with one attached hydrogen (secondary N) is 1. The second-order valence-electron chi connectivity index (χ2n) is 4.88. The zero-order chi connectivity index (χ0) is 14.7. The van der Waals surface area contributed by atoms with Crippen molar-refractivity contribution in [3.8, 4) is 0 Å². The standard InChI is InChI=1S/C14H17N3O2S/c1-9-8-15-14(7-13(9)17(18)19)16-10(2)6-12-5-4-11(3)20-12/h4-5,7-8,10H,6H2,1-3H3,(H,15,16). The van der Waals surface area contributed by atoms with Crippen molar-refractivity contribution in [1.29, 1.82) is 0 Å². The average Bonchev–Trinajstić information content (AvgIpc) is 2.76. The molecule has 0 bridgehead atoms. The molecule has 106 valence electrons. The summed E-state index contributed by atoms with van der Waals surface area (Å²) in [6.07, 6.45) is 2.41. The summed E-state index contributed by atoms with van der Waals surface area (Å²) in [5.74, 6) is 0.545. The third-order valence-electron chi connectivity index (χ3n) is 2.97. The molecule has 6 heteroatoms. The van der Waals surface area contributed by atoms with E-state index < -0.39 is 0 Å². The smallest absolute Gasteiger partial charge is 0.277 e. The molecule has 1 N–H and O–H groups in total. The van der Waals surface area contributed by atoms with E-state index in [1.807, 2.05) is 6.92 Å². The Morgan fingerprint density at radius 1 is 1.45 bits per heavy atom. The van der Waals surface area contributed by atoms with E-state index in [0.29, 0.717) is 11.4 Å². The summed E-state index contributed by atoms with van der Waals surface area (Å²) >= 11 is 1.77. The van der Waals surface area contributed by atoms with Crippen LogP contribution in [0.3, 0.4) is 0 Å². The van der Waals surface area contributed by atoms with Gasteiger partial charge in [-0.3, -0.25) is 10.1 Å². The summed E-state index contributed by atoms with van der Waals surface area (Å²) in [6.45, 7) is 5.81. The van der Waals surface area contributed by atoms with Crippen LogP contribution < -0.4 is 5.32 Å². The lowest BCUT2D eigenvalue weighted by atomic mass is 10.2. The fourth-order valence-electron chi connectivity index (χ4n) is 1.99. The van der Waals surface area contributed by atoms with Crippen molar-refractivity contribution < 1.29 is 4.92 Å². The number of thiophene rings is 1. The lowest BCUT2D eigenvalue weighted by molar-refractivity contribution is -0.385. The minimum atomic E-state index is -0.379. The summed E-state index contributed by atoms with van der Waals surface area (Å²) in [5.41, 5.74) is 0.670. The zero-order valence-corrected chi connectivity index (χ0v) is 12.5. The third-order valence-corrected chi connectivity index (χ3v) is 3.99. The highest BCUT2D eigenvalue weighted by Crippen LogP contribution is 2.22. The van der Waals surface area contributed by atoms with Crippen LogP contribution in [-0.2, 0) is 6.42 Å². The molecule has 0 aromatic carbocycles. The zero-order valence-electron chi connectivity index (χ0n) is 11.7. The molecule has 0 aliphatic carbocycles.